The van der Waals surface area contributed by atoms with Crippen LogP contribution in [0, 0.1) is 0 Å². The molecule has 1 aromatic heterocycles. The highest BCUT2D eigenvalue weighted by Gasteiger charge is 2.07. The highest BCUT2D eigenvalue weighted by atomic mass is 14.9. The fourth-order valence-corrected chi connectivity index (χ4v) is 2.48. The highest BCUT2D eigenvalue weighted by molar-refractivity contribution is 5.91. The van der Waals surface area contributed by atoms with E-state index in [1.54, 1.807) is 0 Å². The number of hydrogen-bond acceptors (Lipinski definition) is 3. The van der Waals surface area contributed by atoms with E-state index in [0.717, 1.165) is 22.2 Å². The van der Waals surface area contributed by atoms with E-state index in [1.165, 1.54) is 5.56 Å². The Morgan fingerprint density at radius 2 is 1.81 bits per heavy atom. The molecule has 0 aliphatic rings. The molecule has 1 heterocycles. The summed E-state index contributed by atoms with van der Waals surface area (Å²) in [6.07, 6.45) is 1.84. The third kappa shape index (κ3) is 2.88. The molecule has 3 nitrogen and oxygen atoms in total. The summed E-state index contributed by atoms with van der Waals surface area (Å²) in [5, 5.41) is 4.71. The fraction of sp³-hybridized carbons (Fsp3) is 0.167. The van der Waals surface area contributed by atoms with E-state index < -0.39 is 0 Å². The maximum absolute atomic E-state index is 5.64. The number of benzene rings is 2. The normalized spacial score (nSPS) is 12.3. The number of nitrogens with one attached hydrogen (secondary N) is 1. The van der Waals surface area contributed by atoms with Crippen LogP contribution in [0.25, 0.3) is 10.9 Å². The number of pyridine rings is 1. The number of nitrogens with zero attached hydrogens (tertiary/aromatic N) is 1. The summed E-state index contributed by atoms with van der Waals surface area (Å²) in [6.45, 7) is 2.74. The lowest BCUT2D eigenvalue weighted by Crippen LogP contribution is -2.07. The van der Waals surface area contributed by atoms with E-state index in [1.807, 2.05) is 30.5 Å². The molecule has 0 bridgehead atoms. The van der Waals surface area contributed by atoms with Gasteiger partial charge in [-0.3, -0.25) is 4.98 Å². The third-order valence-electron chi connectivity index (χ3n) is 3.74. The summed E-state index contributed by atoms with van der Waals surface area (Å²) in [7, 11) is 0. The molecule has 3 aromatic rings. The number of fused-ring (bicyclic) bond motifs is 1. The largest absolute Gasteiger partial charge is 0.378 e. The first-order chi connectivity index (χ1) is 10.3. The molecular formula is C18H19N3. The summed E-state index contributed by atoms with van der Waals surface area (Å²) < 4.78 is 0. The average molecular weight is 277 g/mol. The second-order valence-corrected chi connectivity index (χ2v) is 5.19. The van der Waals surface area contributed by atoms with Crippen LogP contribution in [0.5, 0.6) is 0 Å². The van der Waals surface area contributed by atoms with Gasteiger partial charge >= 0.3 is 0 Å². The Hall–Kier alpha value is -2.39. The Labute approximate surface area is 124 Å². The van der Waals surface area contributed by atoms with Crippen molar-refractivity contribution in [2.24, 2.45) is 5.73 Å². The molecule has 106 valence electrons. The summed E-state index contributed by atoms with van der Waals surface area (Å²) in [5.74, 6) is 0. The van der Waals surface area contributed by atoms with Crippen LogP contribution in [0.4, 0.5) is 5.69 Å². The standard InChI is InChI=1S/C18H19N3/c1-13(15-8-6-14(12-19)7-9-15)21-18-10-11-20-17-5-3-2-4-16(17)18/h2-11,13H,12,19H2,1H3,(H,20,21). The number of rotatable bonds is 4. The van der Waals surface area contributed by atoms with Gasteiger partial charge in [0, 0.05) is 29.9 Å². The molecule has 1 unspecified atom stereocenters. The number of aromatic nitrogens is 1. The number of hydrogen-bond donors (Lipinski definition) is 2. The molecular weight excluding hydrogens is 258 g/mol. The van der Waals surface area contributed by atoms with E-state index in [9.17, 15) is 0 Å². The van der Waals surface area contributed by atoms with Crippen LogP contribution in [-0.2, 0) is 6.54 Å². The van der Waals surface area contributed by atoms with Crippen molar-refractivity contribution in [3.05, 3.63) is 71.9 Å². The van der Waals surface area contributed by atoms with E-state index in [2.05, 4.69) is 47.6 Å². The van der Waals surface area contributed by atoms with Crippen LogP contribution in [0.15, 0.2) is 60.8 Å². The van der Waals surface area contributed by atoms with Crippen LogP contribution in [0.1, 0.15) is 24.1 Å². The smallest absolute Gasteiger partial charge is 0.0722 e. The molecule has 1 atom stereocenters. The molecule has 0 saturated carbocycles. The first-order valence-corrected chi connectivity index (χ1v) is 7.17. The van der Waals surface area contributed by atoms with E-state index in [4.69, 9.17) is 5.73 Å². The maximum atomic E-state index is 5.64. The van der Waals surface area contributed by atoms with Gasteiger partial charge in [0.1, 0.15) is 0 Å². The lowest BCUT2D eigenvalue weighted by atomic mass is 10.1. The van der Waals surface area contributed by atoms with E-state index in [-0.39, 0.29) is 6.04 Å². The number of nitrogens with two attached hydrogens (primary N) is 1. The summed E-state index contributed by atoms with van der Waals surface area (Å²) >= 11 is 0. The van der Waals surface area contributed by atoms with E-state index >= 15 is 0 Å². The van der Waals surface area contributed by atoms with Gasteiger partial charge in [-0.2, -0.15) is 0 Å². The van der Waals surface area contributed by atoms with Crippen molar-refractivity contribution in [2.75, 3.05) is 5.32 Å². The molecule has 0 amide bonds. The van der Waals surface area contributed by atoms with E-state index in [0.29, 0.717) is 6.54 Å². The Morgan fingerprint density at radius 3 is 2.57 bits per heavy atom. The molecule has 2 aromatic carbocycles. The van der Waals surface area contributed by atoms with Gasteiger partial charge in [-0.15, -0.1) is 0 Å². The molecule has 0 aliphatic heterocycles. The van der Waals surface area contributed by atoms with Gasteiger partial charge in [0.15, 0.2) is 0 Å². The van der Waals surface area contributed by atoms with Crippen molar-refractivity contribution >= 4 is 16.6 Å². The molecule has 21 heavy (non-hydrogen) atoms. The average Bonchev–Trinajstić information content (AvgIpc) is 2.55. The van der Waals surface area contributed by atoms with Gasteiger partial charge in [-0.05, 0) is 30.2 Å². The molecule has 3 heteroatoms. The maximum Gasteiger partial charge on any atom is 0.0722 e. The molecule has 3 N–H and O–H groups in total. The first-order valence-electron chi connectivity index (χ1n) is 7.17. The lowest BCUT2D eigenvalue weighted by molar-refractivity contribution is 0.883. The van der Waals surface area contributed by atoms with Crippen molar-refractivity contribution in [3.8, 4) is 0 Å². The minimum absolute atomic E-state index is 0.225. The highest BCUT2D eigenvalue weighted by Crippen LogP contribution is 2.25. The Morgan fingerprint density at radius 1 is 1.05 bits per heavy atom. The molecule has 0 radical (unpaired) electrons. The molecule has 3 rings (SSSR count). The van der Waals surface area contributed by atoms with Crippen LogP contribution in [0.2, 0.25) is 0 Å². The minimum Gasteiger partial charge on any atom is -0.378 e. The monoisotopic (exact) mass is 277 g/mol. The predicted octanol–water partition coefficient (Wildman–Crippen LogP) is 3.87. The zero-order valence-electron chi connectivity index (χ0n) is 12.1. The fourth-order valence-electron chi connectivity index (χ4n) is 2.48. The van der Waals surface area contributed by atoms with Gasteiger partial charge in [0.05, 0.1) is 5.52 Å². The zero-order valence-corrected chi connectivity index (χ0v) is 12.1. The van der Waals surface area contributed by atoms with Crippen molar-refractivity contribution in [1.29, 1.82) is 0 Å². The third-order valence-corrected chi connectivity index (χ3v) is 3.74. The van der Waals surface area contributed by atoms with Gasteiger partial charge in [0.2, 0.25) is 0 Å². The first kappa shape index (κ1) is 13.6. The number of anilines is 1. The minimum atomic E-state index is 0.225. The van der Waals surface area contributed by atoms with Gasteiger partial charge in [0.25, 0.3) is 0 Å². The summed E-state index contributed by atoms with van der Waals surface area (Å²) in [5.41, 5.74) is 10.2. The topological polar surface area (TPSA) is 50.9 Å². The van der Waals surface area contributed by atoms with Crippen molar-refractivity contribution in [3.63, 3.8) is 0 Å². The zero-order chi connectivity index (χ0) is 14.7. The lowest BCUT2D eigenvalue weighted by Gasteiger charge is -2.17. The molecule has 0 aliphatic carbocycles. The Balaban J connectivity index is 1.87. The summed E-state index contributed by atoms with van der Waals surface area (Å²) in [4.78, 5) is 4.39. The number of para-hydroxylation sites is 1. The van der Waals surface area contributed by atoms with Crippen LogP contribution < -0.4 is 11.1 Å². The SMILES string of the molecule is CC(Nc1ccnc2ccccc12)c1ccc(CN)cc1. The Kier molecular flexibility index (Phi) is 3.84. The van der Waals surface area contributed by atoms with Crippen molar-refractivity contribution in [1.82, 2.24) is 4.98 Å². The van der Waals surface area contributed by atoms with Crippen LogP contribution in [-0.4, -0.2) is 4.98 Å². The van der Waals surface area contributed by atoms with Gasteiger partial charge < -0.3 is 11.1 Å². The predicted molar refractivity (Wildman–Crippen MR) is 88.1 cm³/mol. The molecule has 0 spiro atoms. The quantitative estimate of drug-likeness (QED) is 0.761. The van der Waals surface area contributed by atoms with Gasteiger partial charge in [-0.1, -0.05) is 42.5 Å². The van der Waals surface area contributed by atoms with Crippen molar-refractivity contribution < 1.29 is 0 Å². The summed E-state index contributed by atoms with van der Waals surface area (Å²) in [6, 6.07) is 18.8. The second-order valence-electron chi connectivity index (χ2n) is 5.19. The van der Waals surface area contributed by atoms with Crippen LogP contribution in [0.3, 0.4) is 0 Å². The Bertz CT molecular complexity index is 730. The molecule has 0 fully saturated rings. The molecule has 0 saturated heterocycles. The second kappa shape index (κ2) is 5.94. The van der Waals surface area contributed by atoms with Crippen LogP contribution >= 0.6 is 0 Å². The van der Waals surface area contributed by atoms with Gasteiger partial charge in [-0.25, -0.2) is 0 Å². The van der Waals surface area contributed by atoms with Crippen molar-refractivity contribution in [2.45, 2.75) is 19.5 Å².